The molecule has 0 saturated heterocycles. The molecular formula is C16H17NO4. The molecule has 0 fully saturated rings. The summed E-state index contributed by atoms with van der Waals surface area (Å²) in [6.07, 6.45) is 0. The highest BCUT2D eigenvalue weighted by Crippen LogP contribution is 2.29. The Hall–Kier alpha value is -2.69. The van der Waals surface area contributed by atoms with Crippen molar-refractivity contribution in [2.24, 2.45) is 0 Å². The first-order chi connectivity index (χ1) is 10.1. The third kappa shape index (κ3) is 3.66. The Bertz CT molecular complexity index is 623. The molecule has 2 N–H and O–H groups in total. The summed E-state index contributed by atoms with van der Waals surface area (Å²) in [5, 5.41) is 12.1. The maximum Gasteiger partial charge on any atom is 0.335 e. The largest absolute Gasteiger partial charge is 0.497 e. The van der Waals surface area contributed by atoms with Gasteiger partial charge in [-0.05, 0) is 29.8 Å². The molecule has 0 unspecified atom stereocenters. The van der Waals surface area contributed by atoms with Crippen LogP contribution in [0.4, 0.5) is 5.69 Å². The number of methoxy groups -OCH3 is 2. The number of nitrogens with one attached hydrogen (secondary N) is 1. The molecular weight excluding hydrogens is 270 g/mol. The first-order valence-corrected chi connectivity index (χ1v) is 6.42. The monoisotopic (exact) mass is 287 g/mol. The predicted octanol–water partition coefficient (Wildman–Crippen LogP) is 3.01. The first kappa shape index (κ1) is 14.7. The summed E-state index contributed by atoms with van der Waals surface area (Å²) in [4.78, 5) is 10.8. The summed E-state index contributed by atoms with van der Waals surface area (Å²) >= 11 is 0. The number of anilines is 1. The van der Waals surface area contributed by atoms with Crippen molar-refractivity contribution in [3.63, 3.8) is 0 Å². The van der Waals surface area contributed by atoms with Crippen molar-refractivity contribution in [1.82, 2.24) is 0 Å². The third-order valence-electron chi connectivity index (χ3n) is 3.09. The fourth-order valence-electron chi connectivity index (χ4n) is 1.91. The van der Waals surface area contributed by atoms with Crippen LogP contribution in [-0.4, -0.2) is 25.3 Å². The number of carboxylic acid groups (broad SMARTS) is 1. The van der Waals surface area contributed by atoms with Crippen LogP contribution in [0.2, 0.25) is 0 Å². The number of carbonyl (C=O) groups is 1. The minimum atomic E-state index is -0.927. The molecule has 0 aromatic heterocycles. The molecule has 0 spiro atoms. The van der Waals surface area contributed by atoms with Crippen LogP contribution in [0.3, 0.4) is 0 Å². The Kier molecular flexibility index (Phi) is 4.66. The van der Waals surface area contributed by atoms with Crippen LogP contribution in [0, 0.1) is 0 Å². The van der Waals surface area contributed by atoms with Gasteiger partial charge >= 0.3 is 5.97 Å². The van der Waals surface area contributed by atoms with E-state index in [1.165, 1.54) is 0 Å². The lowest BCUT2D eigenvalue weighted by Gasteiger charge is -2.12. The molecule has 0 aliphatic rings. The standard InChI is InChI=1S/C16H17NO4/c1-20-13-7-8-15(21-2)14(9-13)17-10-11-3-5-12(6-4-11)16(18)19/h3-9,17H,10H2,1-2H3,(H,18,19). The quantitative estimate of drug-likeness (QED) is 0.854. The van der Waals surface area contributed by atoms with Crippen molar-refractivity contribution in [3.8, 4) is 11.5 Å². The molecule has 21 heavy (non-hydrogen) atoms. The Morgan fingerprint density at radius 1 is 1.10 bits per heavy atom. The number of benzene rings is 2. The van der Waals surface area contributed by atoms with Crippen molar-refractivity contribution in [3.05, 3.63) is 53.6 Å². The van der Waals surface area contributed by atoms with Crippen molar-refractivity contribution < 1.29 is 19.4 Å². The molecule has 2 aromatic carbocycles. The highest BCUT2D eigenvalue weighted by molar-refractivity contribution is 5.87. The molecule has 0 radical (unpaired) electrons. The number of aromatic carboxylic acids is 1. The Balaban J connectivity index is 2.10. The lowest BCUT2D eigenvalue weighted by atomic mass is 10.1. The topological polar surface area (TPSA) is 67.8 Å². The second kappa shape index (κ2) is 6.65. The molecule has 110 valence electrons. The molecule has 0 aliphatic carbocycles. The number of hydrogen-bond acceptors (Lipinski definition) is 4. The molecule has 2 aromatic rings. The second-order valence-corrected chi connectivity index (χ2v) is 4.42. The van der Waals surface area contributed by atoms with E-state index in [1.807, 2.05) is 18.2 Å². The molecule has 0 heterocycles. The van der Waals surface area contributed by atoms with Gasteiger partial charge in [-0.15, -0.1) is 0 Å². The van der Waals surface area contributed by atoms with Crippen LogP contribution in [0.5, 0.6) is 11.5 Å². The number of carboxylic acids is 1. The highest BCUT2D eigenvalue weighted by Gasteiger charge is 2.06. The maximum atomic E-state index is 10.8. The molecule has 0 saturated carbocycles. The zero-order valence-electron chi connectivity index (χ0n) is 11.9. The zero-order chi connectivity index (χ0) is 15.2. The van der Waals surface area contributed by atoms with E-state index in [2.05, 4.69) is 5.32 Å². The van der Waals surface area contributed by atoms with Crippen molar-refractivity contribution in [2.45, 2.75) is 6.54 Å². The number of ether oxygens (including phenoxy) is 2. The van der Waals surface area contributed by atoms with Gasteiger partial charge in [0.05, 0.1) is 25.5 Å². The van der Waals surface area contributed by atoms with Gasteiger partial charge in [-0.2, -0.15) is 0 Å². The molecule has 0 amide bonds. The van der Waals surface area contributed by atoms with Crippen LogP contribution >= 0.6 is 0 Å². The van der Waals surface area contributed by atoms with E-state index in [-0.39, 0.29) is 5.56 Å². The highest BCUT2D eigenvalue weighted by atomic mass is 16.5. The molecule has 2 rings (SSSR count). The SMILES string of the molecule is COc1ccc(OC)c(NCc2ccc(C(=O)O)cc2)c1. The smallest absolute Gasteiger partial charge is 0.335 e. The Morgan fingerprint density at radius 2 is 1.81 bits per heavy atom. The van der Waals surface area contributed by atoms with Gasteiger partial charge < -0.3 is 19.9 Å². The predicted molar refractivity (Wildman–Crippen MR) is 80.3 cm³/mol. The van der Waals surface area contributed by atoms with E-state index >= 15 is 0 Å². The lowest BCUT2D eigenvalue weighted by Crippen LogP contribution is -2.03. The van der Waals surface area contributed by atoms with E-state index < -0.39 is 5.97 Å². The van der Waals surface area contributed by atoms with Crippen molar-refractivity contribution >= 4 is 11.7 Å². The average molecular weight is 287 g/mol. The van der Waals surface area contributed by atoms with E-state index in [9.17, 15) is 4.79 Å². The minimum Gasteiger partial charge on any atom is -0.497 e. The average Bonchev–Trinajstić information content (AvgIpc) is 2.52. The second-order valence-electron chi connectivity index (χ2n) is 4.42. The number of hydrogen-bond donors (Lipinski definition) is 2. The van der Waals surface area contributed by atoms with Crippen molar-refractivity contribution in [1.29, 1.82) is 0 Å². The molecule has 5 nitrogen and oxygen atoms in total. The van der Waals surface area contributed by atoms with Gasteiger partial charge in [-0.3, -0.25) is 0 Å². The van der Waals surface area contributed by atoms with Gasteiger partial charge in [-0.1, -0.05) is 12.1 Å². The van der Waals surface area contributed by atoms with Gasteiger partial charge in [0, 0.05) is 12.6 Å². The third-order valence-corrected chi connectivity index (χ3v) is 3.09. The van der Waals surface area contributed by atoms with Gasteiger partial charge in [0.15, 0.2) is 0 Å². The van der Waals surface area contributed by atoms with Crippen molar-refractivity contribution in [2.75, 3.05) is 19.5 Å². The van der Waals surface area contributed by atoms with Crippen LogP contribution < -0.4 is 14.8 Å². The van der Waals surface area contributed by atoms with E-state index in [1.54, 1.807) is 38.5 Å². The lowest BCUT2D eigenvalue weighted by molar-refractivity contribution is 0.0697. The minimum absolute atomic E-state index is 0.276. The number of rotatable bonds is 6. The maximum absolute atomic E-state index is 10.8. The van der Waals surface area contributed by atoms with E-state index in [4.69, 9.17) is 14.6 Å². The normalized spacial score (nSPS) is 10.0. The Morgan fingerprint density at radius 3 is 2.38 bits per heavy atom. The fourth-order valence-corrected chi connectivity index (χ4v) is 1.91. The van der Waals surface area contributed by atoms with E-state index in [0.717, 1.165) is 22.7 Å². The summed E-state index contributed by atoms with van der Waals surface area (Å²) in [5.41, 5.74) is 2.07. The fraction of sp³-hybridized carbons (Fsp3) is 0.188. The molecule has 0 bridgehead atoms. The van der Waals surface area contributed by atoms with Gasteiger partial charge in [0.1, 0.15) is 11.5 Å². The summed E-state index contributed by atoms with van der Waals surface area (Å²) in [7, 11) is 3.21. The van der Waals surface area contributed by atoms with Gasteiger partial charge in [0.2, 0.25) is 0 Å². The molecule has 0 aliphatic heterocycles. The summed E-state index contributed by atoms with van der Waals surface area (Å²) < 4.78 is 10.5. The summed E-state index contributed by atoms with van der Waals surface area (Å²) in [6, 6.07) is 12.2. The van der Waals surface area contributed by atoms with E-state index in [0.29, 0.717) is 6.54 Å². The summed E-state index contributed by atoms with van der Waals surface area (Å²) in [5.74, 6) is 0.529. The molecule has 5 heteroatoms. The van der Waals surface area contributed by atoms with Crippen LogP contribution in [0.15, 0.2) is 42.5 Å². The van der Waals surface area contributed by atoms with Gasteiger partial charge in [0.25, 0.3) is 0 Å². The first-order valence-electron chi connectivity index (χ1n) is 6.42. The van der Waals surface area contributed by atoms with Crippen LogP contribution in [-0.2, 0) is 6.54 Å². The van der Waals surface area contributed by atoms with Crippen LogP contribution in [0.25, 0.3) is 0 Å². The zero-order valence-corrected chi connectivity index (χ0v) is 11.9. The summed E-state index contributed by atoms with van der Waals surface area (Å²) in [6.45, 7) is 0.559. The van der Waals surface area contributed by atoms with Gasteiger partial charge in [-0.25, -0.2) is 4.79 Å². The van der Waals surface area contributed by atoms with Crippen LogP contribution in [0.1, 0.15) is 15.9 Å². The molecule has 0 atom stereocenters. The Labute approximate surface area is 123 Å².